The molecule has 1 aliphatic heterocycles. The second-order valence-electron chi connectivity index (χ2n) is 7.04. The molecule has 8 heteroatoms. The molecule has 144 valence electrons. The topological polar surface area (TPSA) is 62.5 Å². The van der Waals surface area contributed by atoms with Crippen molar-refractivity contribution in [3.8, 4) is 0 Å². The number of pyridine rings is 1. The Morgan fingerprint density at radius 3 is 2.70 bits per heavy atom. The number of halogens is 2. The molecule has 1 aliphatic carbocycles. The summed E-state index contributed by atoms with van der Waals surface area (Å²) in [5.41, 5.74) is -1.41. The third-order valence-electron chi connectivity index (χ3n) is 5.22. The van der Waals surface area contributed by atoms with Gasteiger partial charge in [-0.15, -0.1) is 0 Å². The minimum Gasteiger partial charge on any atom is -0.477 e. The van der Waals surface area contributed by atoms with Crippen LogP contribution in [0.2, 0.25) is 0 Å². The number of carboxylic acids is 1. The van der Waals surface area contributed by atoms with E-state index in [1.807, 2.05) is 0 Å². The number of rotatable bonds is 5. The van der Waals surface area contributed by atoms with Crippen molar-refractivity contribution < 1.29 is 18.7 Å². The molecule has 1 atom stereocenters. The first-order valence-corrected chi connectivity index (χ1v) is 10.1. The Balaban J connectivity index is 1.91. The summed E-state index contributed by atoms with van der Waals surface area (Å²) in [6.45, 7) is 3.16. The lowest BCUT2D eigenvalue weighted by atomic mass is 10.1. The minimum absolute atomic E-state index is 0.00972. The predicted molar refractivity (Wildman–Crippen MR) is 102 cm³/mol. The van der Waals surface area contributed by atoms with Gasteiger partial charge in [0.2, 0.25) is 5.43 Å². The van der Waals surface area contributed by atoms with Gasteiger partial charge in [0.05, 0.1) is 10.9 Å². The maximum absolute atomic E-state index is 15.5. The van der Waals surface area contributed by atoms with Crippen LogP contribution in [-0.2, 0) is 0 Å². The Morgan fingerprint density at radius 2 is 2.07 bits per heavy atom. The van der Waals surface area contributed by atoms with Crippen LogP contribution in [0.4, 0.5) is 14.5 Å². The van der Waals surface area contributed by atoms with Crippen molar-refractivity contribution in [2.45, 2.75) is 37.5 Å². The highest BCUT2D eigenvalue weighted by Crippen LogP contribution is 2.40. The van der Waals surface area contributed by atoms with E-state index < -0.39 is 28.6 Å². The van der Waals surface area contributed by atoms with Gasteiger partial charge in [-0.2, -0.15) is 11.8 Å². The van der Waals surface area contributed by atoms with Crippen molar-refractivity contribution in [3.63, 3.8) is 0 Å². The van der Waals surface area contributed by atoms with E-state index in [4.69, 9.17) is 0 Å². The van der Waals surface area contributed by atoms with Gasteiger partial charge in [0.25, 0.3) is 0 Å². The number of thioether (sulfide) groups is 1. The normalized spacial score (nSPS) is 19.8. The average molecular weight is 394 g/mol. The third kappa shape index (κ3) is 3.09. The van der Waals surface area contributed by atoms with Crippen LogP contribution >= 0.6 is 11.8 Å². The summed E-state index contributed by atoms with van der Waals surface area (Å²) in [6.07, 6.45) is 3.61. The number of hydrogen-bond acceptors (Lipinski definition) is 4. The Kier molecular flexibility index (Phi) is 4.61. The first-order chi connectivity index (χ1) is 12.9. The van der Waals surface area contributed by atoms with Crippen LogP contribution in [0.5, 0.6) is 0 Å². The number of anilines is 1. The lowest BCUT2D eigenvalue weighted by Gasteiger charge is -2.22. The lowest BCUT2D eigenvalue weighted by Crippen LogP contribution is -2.25. The number of carbonyl (C=O) groups is 1. The Bertz CT molecular complexity index is 987. The number of fused-ring (bicyclic) bond motifs is 1. The summed E-state index contributed by atoms with van der Waals surface area (Å²) >= 11 is 1.77. The van der Waals surface area contributed by atoms with Gasteiger partial charge in [-0.25, -0.2) is 13.6 Å². The van der Waals surface area contributed by atoms with Crippen LogP contribution in [-0.4, -0.2) is 39.7 Å². The maximum Gasteiger partial charge on any atom is 0.341 e. The number of aromatic nitrogens is 1. The van der Waals surface area contributed by atoms with Gasteiger partial charge < -0.3 is 14.6 Å². The Labute approximate surface area is 159 Å². The van der Waals surface area contributed by atoms with Gasteiger partial charge in [0, 0.05) is 30.6 Å². The van der Waals surface area contributed by atoms with Crippen LogP contribution in [0.3, 0.4) is 0 Å². The standard InChI is InChI=1S/C19H20F2N2O3S/c1-2-27-11-5-6-22(8-11)17-14(20)7-12-16(15(17)21)23(10-3-4-10)9-13(18(12)24)19(25)26/h7,9-11H,2-6,8H2,1H3,(H,25,26). The van der Waals surface area contributed by atoms with Gasteiger partial charge >= 0.3 is 5.97 Å². The monoisotopic (exact) mass is 394 g/mol. The van der Waals surface area contributed by atoms with Gasteiger partial charge in [0.1, 0.15) is 17.1 Å². The van der Waals surface area contributed by atoms with Crippen molar-refractivity contribution in [2.24, 2.45) is 0 Å². The minimum atomic E-state index is -1.39. The summed E-state index contributed by atoms with van der Waals surface area (Å²) in [5.74, 6) is -2.03. The largest absolute Gasteiger partial charge is 0.477 e. The van der Waals surface area contributed by atoms with E-state index in [2.05, 4.69) is 6.92 Å². The summed E-state index contributed by atoms with van der Waals surface area (Å²) in [6, 6.07) is 0.947. The molecular weight excluding hydrogens is 374 g/mol. The van der Waals surface area contributed by atoms with Crippen LogP contribution in [0.1, 0.15) is 42.6 Å². The van der Waals surface area contributed by atoms with Crippen LogP contribution in [0.15, 0.2) is 17.1 Å². The molecule has 1 saturated heterocycles. The van der Waals surface area contributed by atoms with E-state index in [9.17, 15) is 19.1 Å². The van der Waals surface area contributed by atoms with Crippen molar-refractivity contribution in [1.29, 1.82) is 0 Å². The molecule has 1 N–H and O–H groups in total. The molecule has 0 spiro atoms. The zero-order chi connectivity index (χ0) is 19.3. The summed E-state index contributed by atoms with van der Waals surface area (Å²) in [7, 11) is 0. The van der Waals surface area contributed by atoms with Crippen molar-refractivity contribution in [2.75, 3.05) is 23.7 Å². The van der Waals surface area contributed by atoms with Crippen LogP contribution < -0.4 is 10.3 Å². The Morgan fingerprint density at radius 1 is 1.33 bits per heavy atom. The molecule has 27 heavy (non-hydrogen) atoms. The number of nitrogens with zero attached hydrogens (tertiary/aromatic N) is 2. The number of aromatic carboxylic acids is 1. The quantitative estimate of drug-likeness (QED) is 0.839. The summed E-state index contributed by atoms with van der Waals surface area (Å²) in [4.78, 5) is 25.6. The second kappa shape index (κ2) is 6.82. The maximum atomic E-state index is 15.5. The summed E-state index contributed by atoms with van der Waals surface area (Å²) < 4.78 is 31.8. The Hall–Kier alpha value is -2.09. The van der Waals surface area contributed by atoms with Gasteiger partial charge in [-0.3, -0.25) is 4.79 Å². The van der Waals surface area contributed by atoms with Gasteiger partial charge in [0.15, 0.2) is 5.82 Å². The molecule has 0 amide bonds. The molecule has 2 aromatic rings. The molecule has 1 aromatic heterocycles. The summed E-state index contributed by atoms with van der Waals surface area (Å²) in [5, 5.41) is 9.40. The van der Waals surface area contributed by atoms with E-state index in [1.54, 1.807) is 16.7 Å². The molecule has 0 radical (unpaired) electrons. The van der Waals surface area contributed by atoms with E-state index in [1.165, 1.54) is 10.8 Å². The predicted octanol–water partition coefficient (Wildman–Crippen LogP) is 3.64. The third-order valence-corrected chi connectivity index (χ3v) is 6.41. The van der Waals surface area contributed by atoms with E-state index in [0.29, 0.717) is 18.3 Å². The van der Waals surface area contributed by atoms with Crippen LogP contribution in [0.25, 0.3) is 10.9 Å². The molecule has 4 rings (SSSR count). The van der Waals surface area contributed by atoms with Crippen LogP contribution in [0, 0.1) is 11.6 Å². The number of carboxylic acid groups (broad SMARTS) is 1. The van der Waals surface area contributed by atoms with Crippen molar-refractivity contribution >= 4 is 34.3 Å². The molecule has 2 fully saturated rings. The highest BCUT2D eigenvalue weighted by atomic mass is 32.2. The van der Waals surface area contributed by atoms with Crippen molar-refractivity contribution in [1.82, 2.24) is 4.57 Å². The first kappa shape index (κ1) is 18.3. The van der Waals surface area contributed by atoms with E-state index >= 15 is 4.39 Å². The fourth-order valence-electron chi connectivity index (χ4n) is 3.82. The fourth-order valence-corrected chi connectivity index (χ4v) is 4.85. The lowest BCUT2D eigenvalue weighted by molar-refractivity contribution is 0.0695. The molecule has 0 bridgehead atoms. The molecule has 1 unspecified atom stereocenters. The molecule has 1 aromatic carbocycles. The molecule has 2 aliphatic rings. The molecular formula is C19H20F2N2O3S. The molecule has 5 nitrogen and oxygen atoms in total. The fraction of sp³-hybridized carbons (Fsp3) is 0.474. The van der Waals surface area contributed by atoms with Gasteiger partial charge in [-0.1, -0.05) is 6.92 Å². The van der Waals surface area contributed by atoms with E-state index in [-0.39, 0.29) is 22.6 Å². The SMILES string of the molecule is CCSC1CCN(c2c(F)cc3c(=O)c(C(=O)O)cn(C4CC4)c3c2F)C1. The smallest absolute Gasteiger partial charge is 0.341 e. The zero-order valence-corrected chi connectivity index (χ0v) is 15.7. The molecule has 2 heterocycles. The van der Waals surface area contributed by atoms with Crippen molar-refractivity contribution in [3.05, 3.63) is 39.7 Å². The highest BCUT2D eigenvalue weighted by Gasteiger charge is 2.32. The average Bonchev–Trinajstić information content (AvgIpc) is 3.36. The number of hydrogen-bond donors (Lipinski definition) is 1. The first-order valence-electron chi connectivity index (χ1n) is 9.09. The number of benzene rings is 1. The second-order valence-corrected chi connectivity index (χ2v) is 8.62. The van der Waals surface area contributed by atoms with E-state index in [0.717, 1.165) is 31.1 Å². The molecule has 1 saturated carbocycles. The highest BCUT2D eigenvalue weighted by molar-refractivity contribution is 7.99. The van der Waals surface area contributed by atoms with Gasteiger partial charge in [-0.05, 0) is 31.1 Å². The zero-order valence-electron chi connectivity index (χ0n) is 14.9.